The van der Waals surface area contributed by atoms with Crippen LogP contribution in [0.15, 0.2) is 56.1 Å². The van der Waals surface area contributed by atoms with Crippen LogP contribution in [-0.4, -0.2) is 40.1 Å². The molecular weight excluding hydrogens is 426 g/mol. The SMILES string of the molecule is COc1ccc2cc(-c3oc4cc(C)oc(=O)c4c3CC(=O)NCC(OC)OC)ccc2c1. The number of nitrogens with one attached hydrogen (secondary N) is 1. The van der Waals surface area contributed by atoms with Gasteiger partial charge in [-0.25, -0.2) is 4.79 Å². The van der Waals surface area contributed by atoms with Crippen LogP contribution in [0.3, 0.4) is 0 Å². The van der Waals surface area contributed by atoms with Crippen LogP contribution in [0.25, 0.3) is 33.1 Å². The number of hydrogen-bond donors (Lipinski definition) is 1. The van der Waals surface area contributed by atoms with Crippen molar-refractivity contribution >= 4 is 27.6 Å². The van der Waals surface area contributed by atoms with Crippen molar-refractivity contribution in [1.82, 2.24) is 5.32 Å². The first-order valence-electron chi connectivity index (χ1n) is 10.4. The van der Waals surface area contributed by atoms with Crippen molar-refractivity contribution in [3.8, 4) is 17.1 Å². The monoisotopic (exact) mass is 451 g/mol. The second kappa shape index (κ2) is 9.48. The Morgan fingerprint density at radius 2 is 1.73 bits per heavy atom. The van der Waals surface area contributed by atoms with Gasteiger partial charge in [-0.2, -0.15) is 0 Å². The quantitative estimate of drug-likeness (QED) is 0.407. The largest absolute Gasteiger partial charge is 0.497 e. The number of rotatable bonds is 8. The third kappa shape index (κ3) is 4.62. The lowest BCUT2D eigenvalue weighted by Gasteiger charge is -2.14. The number of carbonyl (C=O) groups excluding carboxylic acids is 1. The van der Waals surface area contributed by atoms with Gasteiger partial charge >= 0.3 is 5.63 Å². The van der Waals surface area contributed by atoms with E-state index in [1.165, 1.54) is 14.2 Å². The Bertz CT molecular complexity index is 1360. The maximum Gasteiger partial charge on any atom is 0.347 e. The van der Waals surface area contributed by atoms with E-state index >= 15 is 0 Å². The average molecular weight is 451 g/mol. The summed E-state index contributed by atoms with van der Waals surface area (Å²) in [6.45, 7) is 1.84. The van der Waals surface area contributed by atoms with Crippen molar-refractivity contribution in [3.05, 3.63) is 64.2 Å². The minimum Gasteiger partial charge on any atom is -0.497 e. The average Bonchev–Trinajstić information content (AvgIpc) is 3.17. The molecule has 0 saturated heterocycles. The van der Waals surface area contributed by atoms with E-state index in [0.29, 0.717) is 22.7 Å². The molecule has 0 radical (unpaired) electrons. The van der Waals surface area contributed by atoms with Crippen LogP contribution in [0.2, 0.25) is 0 Å². The third-order valence-electron chi connectivity index (χ3n) is 5.47. The number of furan rings is 1. The van der Waals surface area contributed by atoms with E-state index in [4.69, 9.17) is 23.0 Å². The molecule has 0 atom stereocenters. The molecule has 1 N–H and O–H groups in total. The summed E-state index contributed by atoms with van der Waals surface area (Å²) in [5.41, 5.74) is 1.05. The van der Waals surface area contributed by atoms with E-state index in [2.05, 4.69) is 5.32 Å². The zero-order valence-corrected chi connectivity index (χ0v) is 18.9. The van der Waals surface area contributed by atoms with Crippen molar-refractivity contribution in [2.24, 2.45) is 0 Å². The van der Waals surface area contributed by atoms with Gasteiger partial charge in [0.05, 0.1) is 20.1 Å². The zero-order chi connectivity index (χ0) is 23.5. The van der Waals surface area contributed by atoms with Crippen LogP contribution in [0.1, 0.15) is 11.3 Å². The molecular formula is C25H25NO7. The first-order valence-corrected chi connectivity index (χ1v) is 10.4. The molecule has 172 valence electrons. The molecule has 1 amide bonds. The third-order valence-corrected chi connectivity index (χ3v) is 5.47. The molecule has 0 fully saturated rings. The van der Waals surface area contributed by atoms with E-state index in [1.807, 2.05) is 36.4 Å². The highest BCUT2D eigenvalue weighted by Crippen LogP contribution is 2.35. The minimum atomic E-state index is -0.570. The van der Waals surface area contributed by atoms with Crippen LogP contribution in [0, 0.1) is 6.92 Å². The normalized spacial score (nSPS) is 11.4. The van der Waals surface area contributed by atoms with Crippen LogP contribution in [-0.2, 0) is 20.7 Å². The number of ether oxygens (including phenoxy) is 3. The van der Waals surface area contributed by atoms with Crippen molar-refractivity contribution in [2.75, 3.05) is 27.9 Å². The van der Waals surface area contributed by atoms with Crippen LogP contribution >= 0.6 is 0 Å². The van der Waals surface area contributed by atoms with Crippen molar-refractivity contribution < 1.29 is 27.8 Å². The Kier molecular flexibility index (Phi) is 6.48. The Labute approximate surface area is 190 Å². The van der Waals surface area contributed by atoms with E-state index in [1.54, 1.807) is 20.1 Å². The molecule has 33 heavy (non-hydrogen) atoms. The summed E-state index contributed by atoms with van der Waals surface area (Å²) < 4.78 is 26.9. The number of carbonyl (C=O) groups is 1. The van der Waals surface area contributed by atoms with Crippen molar-refractivity contribution in [1.29, 1.82) is 0 Å². The minimum absolute atomic E-state index is 0.0725. The summed E-state index contributed by atoms with van der Waals surface area (Å²) in [6, 6.07) is 13.2. The lowest BCUT2D eigenvalue weighted by Crippen LogP contribution is -2.35. The summed E-state index contributed by atoms with van der Waals surface area (Å²) in [7, 11) is 4.60. The maximum atomic E-state index is 12.7. The number of aryl methyl sites for hydroxylation is 1. The molecule has 0 unspecified atom stereocenters. The zero-order valence-electron chi connectivity index (χ0n) is 18.9. The fourth-order valence-electron chi connectivity index (χ4n) is 3.80. The Hall–Kier alpha value is -3.62. The van der Waals surface area contributed by atoms with E-state index < -0.39 is 11.9 Å². The van der Waals surface area contributed by atoms with Gasteiger partial charge in [0.2, 0.25) is 5.91 Å². The highest BCUT2D eigenvalue weighted by molar-refractivity contribution is 5.95. The summed E-state index contributed by atoms with van der Waals surface area (Å²) in [5, 5.41) is 4.98. The molecule has 0 bridgehead atoms. The summed E-state index contributed by atoms with van der Waals surface area (Å²) >= 11 is 0. The van der Waals surface area contributed by atoms with Crippen LogP contribution in [0.5, 0.6) is 5.75 Å². The highest BCUT2D eigenvalue weighted by Gasteiger charge is 2.23. The molecule has 0 spiro atoms. The first-order chi connectivity index (χ1) is 15.9. The van der Waals surface area contributed by atoms with Gasteiger partial charge in [-0.15, -0.1) is 0 Å². The second-order valence-electron chi connectivity index (χ2n) is 7.60. The molecule has 2 aromatic carbocycles. The van der Waals surface area contributed by atoms with Crippen LogP contribution in [0.4, 0.5) is 0 Å². The molecule has 2 aromatic heterocycles. The molecule has 8 heteroatoms. The van der Waals surface area contributed by atoms with Gasteiger partial charge in [0, 0.05) is 31.4 Å². The fourth-order valence-corrected chi connectivity index (χ4v) is 3.80. The molecule has 0 aliphatic carbocycles. The highest BCUT2D eigenvalue weighted by atomic mass is 16.7. The standard InChI is InChI=1S/C25H25NO7/c1-14-9-20-23(25(28)32-14)19(12-21(27)26-13-22(30-3)31-4)24(33-20)17-6-5-16-11-18(29-2)8-7-15(16)10-17/h5-11,22H,12-13H2,1-4H3,(H,26,27). The Morgan fingerprint density at radius 1 is 1.00 bits per heavy atom. The van der Waals surface area contributed by atoms with Crippen molar-refractivity contribution in [3.63, 3.8) is 0 Å². The van der Waals surface area contributed by atoms with Gasteiger partial charge in [0.1, 0.15) is 28.2 Å². The predicted octanol–water partition coefficient (Wildman–Crippen LogP) is 3.80. The van der Waals surface area contributed by atoms with Crippen LogP contribution < -0.4 is 15.7 Å². The molecule has 2 heterocycles. The summed E-state index contributed by atoms with van der Waals surface area (Å²) in [5.74, 6) is 1.33. The van der Waals surface area contributed by atoms with Gasteiger partial charge in [0.25, 0.3) is 0 Å². The van der Waals surface area contributed by atoms with E-state index in [9.17, 15) is 9.59 Å². The first kappa shape index (κ1) is 22.6. The van der Waals surface area contributed by atoms with E-state index in [-0.39, 0.29) is 24.3 Å². The summed E-state index contributed by atoms with van der Waals surface area (Å²) in [4.78, 5) is 25.4. The number of methoxy groups -OCH3 is 3. The second-order valence-corrected chi connectivity index (χ2v) is 7.60. The molecule has 4 aromatic rings. The topological polar surface area (TPSA) is 100 Å². The number of hydrogen-bond acceptors (Lipinski definition) is 7. The van der Waals surface area contributed by atoms with Gasteiger partial charge in [-0.1, -0.05) is 18.2 Å². The number of benzene rings is 2. The molecule has 0 saturated carbocycles. The Morgan fingerprint density at radius 3 is 2.45 bits per heavy atom. The van der Waals surface area contributed by atoms with Gasteiger partial charge < -0.3 is 28.4 Å². The molecule has 8 nitrogen and oxygen atoms in total. The van der Waals surface area contributed by atoms with Gasteiger partial charge in [-0.3, -0.25) is 4.79 Å². The predicted molar refractivity (Wildman–Crippen MR) is 124 cm³/mol. The molecule has 0 aliphatic heterocycles. The van der Waals surface area contributed by atoms with Gasteiger partial charge in [-0.05, 0) is 35.9 Å². The van der Waals surface area contributed by atoms with Gasteiger partial charge in [0.15, 0.2) is 6.29 Å². The summed E-state index contributed by atoms with van der Waals surface area (Å²) in [6.07, 6.45) is -0.642. The number of fused-ring (bicyclic) bond motifs is 2. The van der Waals surface area contributed by atoms with E-state index in [0.717, 1.165) is 22.1 Å². The lowest BCUT2D eigenvalue weighted by atomic mass is 10.0. The lowest BCUT2D eigenvalue weighted by molar-refractivity contribution is -0.126. The Balaban J connectivity index is 1.78. The number of amides is 1. The maximum absolute atomic E-state index is 12.7. The smallest absolute Gasteiger partial charge is 0.347 e. The molecule has 4 rings (SSSR count). The fraction of sp³-hybridized carbons (Fsp3) is 0.280. The van der Waals surface area contributed by atoms with Crippen molar-refractivity contribution in [2.45, 2.75) is 19.6 Å². The molecule has 0 aliphatic rings.